The molecule has 1 atom stereocenters. The Bertz CT molecular complexity index is 547. The van der Waals surface area contributed by atoms with E-state index in [1.165, 1.54) is 0 Å². The summed E-state index contributed by atoms with van der Waals surface area (Å²) >= 11 is 5.87. The van der Waals surface area contributed by atoms with Gasteiger partial charge in [-0.25, -0.2) is 8.78 Å². The quantitative estimate of drug-likeness (QED) is 0.876. The summed E-state index contributed by atoms with van der Waals surface area (Å²) < 4.78 is 26.2. The van der Waals surface area contributed by atoms with Gasteiger partial charge >= 0.3 is 0 Å². The van der Waals surface area contributed by atoms with Crippen LogP contribution in [-0.2, 0) is 10.2 Å². The highest BCUT2D eigenvalue weighted by molar-refractivity contribution is 6.30. The van der Waals surface area contributed by atoms with Crippen LogP contribution in [0.3, 0.4) is 0 Å². The molecule has 2 aliphatic rings. The van der Waals surface area contributed by atoms with E-state index in [4.69, 9.17) is 11.6 Å². The van der Waals surface area contributed by atoms with E-state index < -0.39 is 24.9 Å². The van der Waals surface area contributed by atoms with Gasteiger partial charge in [0.25, 0.3) is 5.92 Å². The van der Waals surface area contributed by atoms with E-state index in [1.54, 1.807) is 0 Å². The van der Waals surface area contributed by atoms with Crippen LogP contribution in [0.5, 0.6) is 0 Å². The molecule has 2 N–H and O–H groups in total. The largest absolute Gasteiger partial charge is 0.354 e. The summed E-state index contributed by atoms with van der Waals surface area (Å²) in [6.07, 6.45) is 1.55. The van der Waals surface area contributed by atoms with E-state index in [0.29, 0.717) is 11.6 Å². The molecular formula is C15H18Cl2F2N2O. The molecule has 1 unspecified atom stereocenters. The van der Waals surface area contributed by atoms with Crippen LogP contribution in [0, 0.1) is 0 Å². The van der Waals surface area contributed by atoms with Gasteiger partial charge in [0.05, 0.1) is 12.6 Å². The summed E-state index contributed by atoms with van der Waals surface area (Å²) in [7, 11) is 0. The molecule has 7 heteroatoms. The molecule has 1 amide bonds. The van der Waals surface area contributed by atoms with E-state index in [-0.39, 0.29) is 23.7 Å². The second-order valence-corrected chi connectivity index (χ2v) is 6.44. The van der Waals surface area contributed by atoms with Crippen molar-refractivity contribution in [3.05, 3.63) is 34.9 Å². The van der Waals surface area contributed by atoms with Gasteiger partial charge < -0.3 is 5.32 Å². The lowest BCUT2D eigenvalue weighted by Gasteiger charge is -2.18. The average Bonchev–Trinajstić information content (AvgIpc) is 3.14. The number of hydrogen-bond acceptors (Lipinski definition) is 2. The first-order valence-electron chi connectivity index (χ1n) is 7.05. The lowest BCUT2D eigenvalue weighted by atomic mass is 9.96. The molecule has 0 radical (unpaired) electrons. The Kier molecular flexibility index (Phi) is 5.00. The van der Waals surface area contributed by atoms with Crippen LogP contribution in [0.15, 0.2) is 24.3 Å². The molecule has 0 aromatic heterocycles. The van der Waals surface area contributed by atoms with Gasteiger partial charge in [-0.05, 0) is 30.5 Å². The molecule has 1 aliphatic heterocycles. The van der Waals surface area contributed by atoms with E-state index in [2.05, 4.69) is 10.6 Å². The van der Waals surface area contributed by atoms with Crippen LogP contribution in [0.4, 0.5) is 8.78 Å². The Morgan fingerprint density at radius 1 is 1.32 bits per heavy atom. The van der Waals surface area contributed by atoms with Gasteiger partial charge in [-0.15, -0.1) is 12.4 Å². The predicted molar refractivity (Wildman–Crippen MR) is 84.0 cm³/mol. The first-order valence-corrected chi connectivity index (χ1v) is 7.43. The van der Waals surface area contributed by atoms with E-state index in [0.717, 1.165) is 18.4 Å². The van der Waals surface area contributed by atoms with Crippen molar-refractivity contribution in [1.82, 2.24) is 10.6 Å². The van der Waals surface area contributed by atoms with Crippen molar-refractivity contribution in [2.75, 3.05) is 13.1 Å². The summed E-state index contributed by atoms with van der Waals surface area (Å²) in [4.78, 5) is 12.0. The molecular weight excluding hydrogens is 333 g/mol. The second kappa shape index (κ2) is 6.30. The Labute approximate surface area is 139 Å². The zero-order valence-electron chi connectivity index (χ0n) is 11.9. The molecule has 3 nitrogen and oxygen atoms in total. The van der Waals surface area contributed by atoms with Gasteiger partial charge in [0, 0.05) is 23.4 Å². The highest BCUT2D eigenvalue weighted by Crippen LogP contribution is 2.47. The number of nitrogens with one attached hydrogen (secondary N) is 2. The molecule has 1 heterocycles. The van der Waals surface area contributed by atoms with E-state index in [1.807, 2.05) is 24.3 Å². The van der Waals surface area contributed by atoms with Crippen molar-refractivity contribution >= 4 is 29.9 Å². The molecule has 1 aromatic rings. The van der Waals surface area contributed by atoms with Crippen LogP contribution in [-0.4, -0.2) is 31.0 Å². The Morgan fingerprint density at radius 3 is 2.45 bits per heavy atom. The number of halogens is 4. The van der Waals surface area contributed by atoms with Gasteiger partial charge in [0.1, 0.15) is 0 Å². The SMILES string of the molecule is Cl.O=C(NCC1(c2ccc(Cl)cc2)CC1)C1CC(F)(F)CN1. The van der Waals surface area contributed by atoms with Gasteiger partial charge in [-0.3, -0.25) is 10.1 Å². The molecule has 122 valence electrons. The number of amides is 1. The number of carbonyl (C=O) groups excluding carboxylic acids is 1. The maximum Gasteiger partial charge on any atom is 0.262 e. The summed E-state index contributed by atoms with van der Waals surface area (Å²) in [5.74, 6) is -3.12. The highest BCUT2D eigenvalue weighted by Gasteiger charge is 2.46. The third-order valence-corrected chi connectivity index (χ3v) is 4.59. The molecule has 0 spiro atoms. The molecule has 1 saturated carbocycles. The molecule has 0 bridgehead atoms. The van der Waals surface area contributed by atoms with E-state index in [9.17, 15) is 13.6 Å². The first kappa shape index (κ1) is 17.4. The van der Waals surface area contributed by atoms with E-state index >= 15 is 0 Å². The maximum absolute atomic E-state index is 13.1. The monoisotopic (exact) mass is 350 g/mol. The lowest BCUT2D eigenvalue weighted by Crippen LogP contribution is -2.43. The van der Waals surface area contributed by atoms with Gasteiger partial charge in [0.2, 0.25) is 5.91 Å². The summed E-state index contributed by atoms with van der Waals surface area (Å²) in [6.45, 7) is 0.0601. The van der Waals surface area contributed by atoms with Crippen molar-refractivity contribution in [1.29, 1.82) is 0 Å². The molecule has 1 aromatic carbocycles. The van der Waals surface area contributed by atoms with Crippen LogP contribution in [0.2, 0.25) is 5.02 Å². The number of benzene rings is 1. The first-order chi connectivity index (χ1) is 9.90. The van der Waals surface area contributed by atoms with Crippen LogP contribution in [0.25, 0.3) is 0 Å². The van der Waals surface area contributed by atoms with Crippen molar-refractivity contribution in [2.24, 2.45) is 0 Å². The third-order valence-electron chi connectivity index (χ3n) is 4.34. The zero-order valence-corrected chi connectivity index (χ0v) is 13.4. The fraction of sp³-hybridized carbons (Fsp3) is 0.533. The zero-order chi connectivity index (χ0) is 15.1. The molecule has 3 rings (SSSR count). The maximum atomic E-state index is 13.1. The standard InChI is InChI=1S/C15H17ClF2N2O.ClH/c16-11-3-1-10(2-4-11)14(5-6-14)8-20-13(21)12-7-15(17,18)9-19-12;/h1-4,12,19H,5-9H2,(H,20,21);1H. The smallest absolute Gasteiger partial charge is 0.262 e. The summed E-state index contributed by atoms with van der Waals surface area (Å²) in [6, 6.07) is 6.80. The van der Waals surface area contributed by atoms with Gasteiger partial charge in [-0.2, -0.15) is 0 Å². The molecule has 1 aliphatic carbocycles. The Morgan fingerprint density at radius 2 is 1.95 bits per heavy atom. The summed E-state index contributed by atoms with van der Waals surface area (Å²) in [5, 5.41) is 6.06. The average molecular weight is 351 g/mol. The molecule has 2 fully saturated rings. The molecule has 1 saturated heterocycles. The van der Waals surface area contributed by atoms with Crippen molar-refractivity contribution < 1.29 is 13.6 Å². The minimum atomic E-state index is -2.78. The Balaban J connectivity index is 0.00000176. The lowest BCUT2D eigenvalue weighted by molar-refractivity contribution is -0.123. The van der Waals surface area contributed by atoms with Crippen molar-refractivity contribution in [3.8, 4) is 0 Å². The highest BCUT2D eigenvalue weighted by atomic mass is 35.5. The minimum Gasteiger partial charge on any atom is -0.354 e. The number of hydrogen-bond donors (Lipinski definition) is 2. The number of rotatable bonds is 4. The topological polar surface area (TPSA) is 41.1 Å². The van der Waals surface area contributed by atoms with Gasteiger partial charge in [0.15, 0.2) is 0 Å². The van der Waals surface area contributed by atoms with Crippen LogP contribution < -0.4 is 10.6 Å². The predicted octanol–water partition coefficient (Wildman–Crippen LogP) is 2.91. The van der Waals surface area contributed by atoms with Crippen LogP contribution in [0.1, 0.15) is 24.8 Å². The fourth-order valence-corrected chi connectivity index (χ4v) is 2.93. The van der Waals surface area contributed by atoms with Crippen molar-refractivity contribution in [3.63, 3.8) is 0 Å². The normalized spacial score (nSPS) is 24.4. The fourth-order valence-electron chi connectivity index (χ4n) is 2.80. The summed E-state index contributed by atoms with van der Waals surface area (Å²) in [5.41, 5.74) is 1.08. The second-order valence-electron chi connectivity index (χ2n) is 6.00. The van der Waals surface area contributed by atoms with Gasteiger partial charge in [-0.1, -0.05) is 23.7 Å². The number of alkyl halides is 2. The number of carbonyl (C=O) groups is 1. The van der Waals surface area contributed by atoms with Crippen LogP contribution >= 0.6 is 24.0 Å². The third kappa shape index (κ3) is 3.70. The minimum absolute atomic E-state index is 0. The van der Waals surface area contributed by atoms with Crippen molar-refractivity contribution in [2.45, 2.75) is 36.6 Å². The Hall–Kier alpha value is -0.910. The molecule has 22 heavy (non-hydrogen) atoms.